The minimum Gasteiger partial charge on any atom is -0.507 e. The number of carbonyl (C=O) groups is 2. The summed E-state index contributed by atoms with van der Waals surface area (Å²) in [5.41, 5.74) is 0.776. The lowest BCUT2D eigenvalue weighted by atomic mass is 9.95. The van der Waals surface area contributed by atoms with Crippen LogP contribution < -0.4 is 4.74 Å². The number of likely N-dealkylation sites (tertiary alicyclic amines) is 1. The lowest BCUT2D eigenvalue weighted by molar-refractivity contribution is -0.140. The molecular weight excluding hydrogens is 508 g/mol. The van der Waals surface area contributed by atoms with Crippen molar-refractivity contribution in [3.05, 3.63) is 77.9 Å². The van der Waals surface area contributed by atoms with Crippen molar-refractivity contribution in [3.8, 4) is 5.75 Å². The van der Waals surface area contributed by atoms with Crippen molar-refractivity contribution >= 4 is 27.5 Å². The van der Waals surface area contributed by atoms with E-state index in [0.717, 1.165) is 19.3 Å². The van der Waals surface area contributed by atoms with E-state index in [0.29, 0.717) is 31.0 Å². The summed E-state index contributed by atoms with van der Waals surface area (Å²) in [4.78, 5) is 27.6. The van der Waals surface area contributed by atoms with Gasteiger partial charge in [-0.25, -0.2) is 8.42 Å². The Morgan fingerprint density at radius 1 is 1.05 bits per heavy atom. The van der Waals surface area contributed by atoms with Crippen molar-refractivity contribution in [1.29, 1.82) is 0 Å². The summed E-state index contributed by atoms with van der Waals surface area (Å²) in [7, 11) is -2.16. The van der Waals surface area contributed by atoms with Crippen molar-refractivity contribution in [2.45, 2.75) is 30.2 Å². The summed E-state index contributed by atoms with van der Waals surface area (Å²) >= 11 is 0. The number of aliphatic hydroxyl groups excluding tert-OH is 1. The summed E-state index contributed by atoms with van der Waals surface area (Å²) in [5.74, 6) is -1.35. The molecule has 4 rings (SSSR count). The summed E-state index contributed by atoms with van der Waals surface area (Å²) < 4.78 is 38.2. The number of sulfonamides is 1. The molecule has 0 spiro atoms. The second-order valence-corrected chi connectivity index (χ2v) is 11.1. The van der Waals surface area contributed by atoms with E-state index in [1.165, 1.54) is 40.6 Å². The minimum atomic E-state index is -3.65. The monoisotopic (exact) mass is 540 g/mol. The fraction of sp³-hybridized carbons (Fsp3) is 0.357. The number of hydrogen-bond donors (Lipinski definition) is 1. The Morgan fingerprint density at radius 2 is 1.71 bits per heavy atom. The van der Waals surface area contributed by atoms with Crippen molar-refractivity contribution < 1.29 is 32.6 Å². The molecule has 2 fully saturated rings. The van der Waals surface area contributed by atoms with Gasteiger partial charge in [-0.2, -0.15) is 4.31 Å². The van der Waals surface area contributed by atoms with Crippen LogP contribution in [0.1, 0.15) is 36.4 Å². The van der Waals surface area contributed by atoms with E-state index < -0.39 is 27.8 Å². The number of rotatable bonds is 10. The van der Waals surface area contributed by atoms with Gasteiger partial charge in [0.25, 0.3) is 11.7 Å². The van der Waals surface area contributed by atoms with Crippen LogP contribution in [0.5, 0.6) is 5.75 Å². The highest BCUT2D eigenvalue weighted by molar-refractivity contribution is 7.89. The zero-order valence-corrected chi connectivity index (χ0v) is 22.2. The van der Waals surface area contributed by atoms with Gasteiger partial charge in [0.2, 0.25) is 10.0 Å². The molecule has 1 amide bonds. The summed E-state index contributed by atoms with van der Waals surface area (Å²) in [6.45, 7) is 5.25. The molecule has 1 N–H and O–H groups in total. The Balaban J connectivity index is 1.71. The molecule has 1 unspecified atom stereocenters. The van der Waals surface area contributed by atoms with Crippen LogP contribution in [0.4, 0.5) is 0 Å². The van der Waals surface area contributed by atoms with Crippen LogP contribution in [0.3, 0.4) is 0 Å². The van der Waals surface area contributed by atoms with Crippen LogP contribution in [-0.2, 0) is 24.3 Å². The van der Waals surface area contributed by atoms with E-state index >= 15 is 0 Å². The number of methoxy groups -OCH3 is 1. The predicted molar refractivity (Wildman–Crippen MR) is 142 cm³/mol. The van der Waals surface area contributed by atoms with Gasteiger partial charge in [0, 0.05) is 32.3 Å². The van der Waals surface area contributed by atoms with Crippen LogP contribution >= 0.6 is 0 Å². The number of ether oxygens (including phenoxy) is 2. The highest BCUT2D eigenvalue weighted by atomic mass is 32.2. The fourth-order valence-corrected chi connectivity index (χ4v) is 6.26. The first-order valence-electron chi connectivity index (χ1n) is 12.5. The van der Waals surface area contributed by atoms with Crippen molar-refractivity contribution in [3.63, 3.8) is 0 Å². The van der Waals surface area contributed by atoms with E-state index in [2.05, 4.69) is 6.58 Å². The van der Waals surface area contributed by atoms with Crippen molar-refractivity contribution in [1.82, 2.24) is 9.21 Å². The predicted octanol–water partition coefficient (Wildman–Crippen LogP) is 3.49. The molecule has 2 aliphatic rings. The quantitative estimate of drug-likeness (QED) is 0.212. The molecule has 0 aromatic heterocycles. The van der Waals surface area contributed by atoms with E-state index in [-0.39, 0.29) is 34.9 Å². The number of carbonyl (C=O) groups excluding carboxylic acids is 2. The number of hydrogen-bond acceptors (Lipinski definition) is 7. The van der Waals surface area contributed by atoms with Crippen LogP contribution in [0.15, 0.2) is 71.7 Å². The molecule has 9 nitrogen and oxygen atoms in total. The van der Waals surface area contributed by atoms with Gasteiger partial charge in [-0.15, -0.1) is 0 Å². The molecule has 202 valence electrons. The number of Topliss-reactive ketones (excluding diaryl/α,β-unsaturated/α-hetero) is 1. The van der Waals surface area contributed by atoms with Crippen LogP contribution in [0.2, 0.25) is 0 Å². The topological polar surface area (TPSA) is 113 Å². The van der Waals surface area contributed by atoms with Crippen molar-refractivity contribution in [2.24, 2.45) is 0 Å². The normalized spacial score (nSPS) is 20.0. The maximum Gasteiger partial charge on any atom is 0.295 e. The summed E-state index contributed by atoms with van der Waals surface area (Å²) in [5, 5.41) is 11.2. The lowest BCUT2D eigenvalue weighted by Gasteiger charge is -2.26. The second-order valence-electron chi connectivity index (χ2n) is 9.14. The van der Waals surface area contributed by atoms with Gasteiger partial charge in [-0.05, 0) is 54.8 Å². The average molecular weight is 541 g/mol. The number of piperidine rings is 1. The van der Waals surface area contributed by atoms with E-state index in [1.807, 2.05) is 0 Å². The standard InChI is InChI=1S/C28H32N2O7S/c1-3-18-37-22-11-7-20(8-12-22)25-24(27(32)28(33)30(25)17-19-36-2)26(31)21-9-13-23(14-10-21)38(34,35)29-15-5-4-6-16-29/h3,7-14,25,31H,1,4-6,15-19H2,2H3/b26-24-. The molecule has 2 saturated heterocycles. The van der Waals surface area contributed by atoms with Gasteiger partial charge in [0.1, 0.15) is 18.1 Å². The molecule has 0 bridgehead atoms. The Kier molecular flexibility index (Phi) is 8.65. The molecule has 2 heterocycles. The molecule has 2 aliphatic heterocycles. The highest BCUT2D eigenvalue weighted by Crippen LogP contribution is 2.39. The summed E-state index contributed by atoms with van der Waals surface area (Å²) in [6, 6.07) is 11.8. The highest BCUT2D eigenvalue weighted by Gasteiger charge is 2.46. The van der Waals surface area contributed by atoms with Gasteiger partial charge in [0.15, 0.2) is 0 Å². The smallest absolute Gasteiger partial charge is 0.295 e. The SMILES string of the molecule is C=CCOc1ccc(C2/C(=C(/O)c3ccc(S(=O)(=O)N4CCCCC4)cc3)C(=O)C(=O)N2CCOC)cc1. The number of ketones is 1. The Bertz CT molecular complexity index is 1310. The maximum absolute atomic E-state index is 13.1. The molecule has 0 aliphatic carbocycles. The third kappa shape index (κ3) is 5.52. The molecule has 2 aromatic carbocycles. The van der Waals surface area contributed by atoms with Gasteiger partial charge < -0.3 is 19.5 Å². The fourth-order valence-electron chi connectivity index (χ4n) is 4.74. The third-order valence-corrected chi connectivity index (χ3v) is 8.63. The van der Waals surface area contributed by atoms with E-state index in [9.17, 15) is 23.1 Å². The number of amides is 1. The molecular formula is C28H32N2O7S. The second kappa shape index (κ2) is 11.9. The molecule has 2 aromatic rings. The van der Waals surface area contributed by atoms with Gasteiger partial charge >= 0.3 is 0 Å². The van der Waals surface area contributed by atoms with E-state index in [1.54, 1.807) is 30.3 Å². The molecule has 38 heavy (non-hydrogen) atoms. The average Bonchev–Trinajstić information content (AvgIpc) is 3.20. The first kappa shape index (κ1) is 27.6. The summed E-state index contributed by atoms with van der Waals surface area (Å²) in [6.07, 6.45) is 4.27. The van der Waals surface area contributed by atoms with Gasteiger partial charge in [0.05, 0.1) is 23.1 Å². The van der Waals surface area contributed by atoms with Crippen LogP contribution in [-0.4, -0.2) is 74.4 Å². The van der Waals surface area contributed by atoms with Crippen molar-refractivity contribution in [2.75, 3.05) is 40.0 Å². The van der Waals surface area contributed by atoms with Crippen LogP contribution in [0.25, 0.3) is 5.76 Å². The van der Waals surface area contributed by atoms with Crippen LogP contribution in [0, 0.1) is 0 Å². The minimum absolute atomic E-state index is 0.0718. The number of benzene rings is 2. The molecule has 0 saturated carbocycles. The molecule has 1 atom stereocenters. The van der Waals surface area contributed by atoms with Gasteiger partial charge in [-0.1, -0.05) is 31.2 Å². The lowest BCUT2D eigenvalue weighted by Crippen LogP contribution is -2.35. The Morgan fingerprint density at radius 3 is 2.32 bits per heavy atom. The number of aliphatic hydroxyl groups is 1. The number of nitrogens with zero attached hydrogens (tertiary/aromatic N) is 2. The zero-order valence-electron chi connectivity index (χ0n) is 21.3. The van der Waals surface area contributed by atoms with Gasteiger partial charge in [-0.3, -0.25) is 9.59 Å². The maximum atomic E-state index is 13.1. The first-order valence-corrected chi connectivity index (χ1v) is 13.9. The zero-order chi connectivity index (χ0) is 27.3. The Labute approximate surface area is 223 Å². The first-order chi connectivity index (χ1) is 18.3. The molecule has 10 heteroatoms. The third-order valence-electron chi connectivity index (χ3n) is 6.72. The van der Waals surface area contributed by atoms with E-state index in [4.69, 9.17) is 9.47 Å². The molecule has 0 radical (unpaired) electrons. The Hall–Kier alpha value is -3.47. The largest absolute Gasteiger partial charge is 0.507 e.